The Morgan fingerprint density at radius 1 is 1.27 bits per heavy atom. The highest BCUT2D eigenvalue weighted by Crippen LogP contribution is 2.46. The van der Waals surface area contributed by atoms with E-state index < -0.39 is 17.0 Å². The normalized spacial score (nSPS) is 24.1. The highest BCUT2D eigenvalue weighted by Gasteiger charge is 2.47. The molecule has 13 heteroatoms. The summed E-state index contributed by atoms with van der Waals surface area (Å²) in [5.74, 6) is 0.486. The molecule has 2 fully saturated rings. The van der Waals surface area contributed by atoms with Crippen molar-refractivity contribution < 1.29 is 19.2 Å². The van der Waals surface area contributed by atoms with E-state index in [4.69, 9.17) is 21.0 Å². The van der Waals surface area contributed by atoms with Crippen LogP contribution in [-0.4, -0.2) is 63.5 Å². The van der Waals surface area contributed by atoms with Gasteiger partial charge in [-0.1, -0.05) is 5.16 Å². The summed E-state index contributed by atoms with van der Waals surface area (Å²) in [6, 6.07) is 3.97. The standard InChI is InChI=1S/C27H34N8O4S/c1-14-31-18(10-20(32-14)34-12-16-9-15(34)13-35(16)25(37)38-26(2,3)4)22(29)33-39-24(36)27(5)8-6-7-19-21(27)17(11-28)23(30)40-19/h10,15-16H,6-9,12-13,30H2,1-5H3,(H2,29,33)/t15-,16-,27-/m0/s1. The molecule has 5 rings (SSSR count). The predicted octanol–water partition coefficient (Wildman–Crippen LogP) is 2.96. The second kappa shape index (κ2) is 9.92. The monoisotopic (exact) mass is 566 g/mol. The van der Waals surface area contributed by atoms with Crippen LogP contribution in [0.4, 0.5) is 15.6 Å². The third kappa shape index (κ3) is 4.92. The van der Waals surface area contributed by atoms with Crippen LogP contribution in [0, 0.1) is 18.3 Å². The zero-order chi connectivity index (χ0) is 29.0. The Balaban J connectivity index is 1.31. The largest absolute Gasteiger partial charge is 0.444 e. The number of likely N-dealkylation sites (tertiary alicyclic amines) is 1. The summed E-state index contributed by atoms with van der Waals surface area (Å²) in [4.78, 5) is 45.1. The van der Waals surface area contributed by atoms with Crippen molar-refractivity contribution in [1.82, 2.24) is 14.9 Å². The van der Waals surface area contributed by atoms with Crippen LogP contribution < -0.4 is 16.4 Å². The molecule has 2 aromatic rings. The maximum atomic E-state index is 13.3. The van der Waals surface area contributed by atoms with Gasteiger partial charge in [-0.15, -0.1) is 11.3 Å². The van der Waals surface area contributed by atoms with Crippen LogP contribution >= 0.6 is 11.3 Å². The molecule has 4 heterocycles. The van der Waals surface area contributed by atoms with Gasteiger partial charge in [-0.3, -0.25) is 0 Å². The number of amidine groups is 1. The number of oxime groups is 1. The third-order valence-corrected chi connectivity index (χ3v) is 8.76. The van der Waals surface area contributed by atoms with E-state index in [9.17, 15) is 14.9 Å². The maximum Gasteiger partial charge on any atom is 0.410 e. The van der Waals surface area contributed by atoms with Gasteiger partial charge in [-0.05, 0) is 60.3 Å². The Kier molecular flexibility index (Phi) is 6.86. The zero-order valence-electron chi connectivity index (χ0n) is 23.4. The molecule has 0 radical (unpaired) electrons. The molecule has 1 aliphatic carbocycles. The fraction of sp³-hybridized carbons (Fsp3) is 0.556. The summed E-state index contributed by atoms with van der Waals surface area (Å²) >= 11 is 1.34. The molecule has 212 valence electrons. The number of ether oxygens (including phenoxy) is 1. The van der Waals surface area contributed by atoms with Gasteiger partial charge >= 0.3 is 12.1 Å². The van der Waals surface area contributed by atoms with Crippen molar-refractivity contribution in [3.63, 3.8) is 0 Å². The van der Waals surface area contributed by atoms with Crippen LogP contribution in [0.1, 0.15) is 74.5 Å². The molecule has 0 aromatic carbocycles. The number of nitriles is 1. The van der Waals surface area contributed by atoms with Crippen molar-refractivity contribution in [2.45, 2.75) is 83.4 Å². The summed E-state index contributed by atoms with van der Waals surface area (Å²) in [5, 5.41) is 14.0. The molecule has 0 saturated carbocycles. The summed E-state index contributed by atoms with van der Waals surface area (Å²) in [7, 11) is 0. The molecular formula is C27H34N8O4S. The molecule has 12 nitrogen and oxygen atoms in total. The lowest BCUT2D eigenvalue weighted by molar-refractivity contribution is -0.150. The second-order valence-corrected chi connectivity index (χ2v) is 12.9. The van der Waals surface area contributed by atoms with Gasteiger partial charge in [-0.2, -0.15) is 5.26 Å². The lowest BCUT2D eigenvalue weighted by Crippen LogP contribution is -2.50. The molecule has 2 saturated heterocycles. The Morgan fingerprint density at radius 3 is 2.67 bits per heavy atom. The number of nitrogens with two attached hydrogens (primary N) is 2. The molecule has 3 atom stereocenters. The molecule has 3 aliphatic rings. The number of carbonyl (C=O) groups excluding carboxylic acids is 2. The quantitative estimate of drug-likeness (QED) is 0.242. The number of nitrogen functional groups attached to an aromatic ring is 1. The van der Waals surface area contributed by atoms with E-state index in [0.29, 0.717) is 53.0 Å². The van der Waals surface area contributed by atoms with Crippen molar-refractivity contribution in [2.24, 2.45) is 10.9 Å². The first kappa shape index (κ1) is 27.6. The van der Waals surface area contributed by atoms with Crippen LogP contribution in [-0.2, 0) is 26.2 Å². The zero-order valence-corrected chi connectivity index (χ0v) is 24.2. The number of aromatic nitrogens is 2. The van der Waals surface area contributed by atoms with Crippen molar-refractivity contribution >= 4 is 40.1 Å². The fourth-order valence-corrected chi connectivity index (χ4v) is 7.05. The van der Waals surface area contributed by atoms with Crippen LogP contribution in [0.2, 0.25) is 0 Å². The fourth-order valence-electron chi connectivity index (χ4n) is 5.86. The third-order valence-electron chi connectivity index (χ3n) is 7.68. The number of rotatable bonds is 4. The Bertz CT molecular complexity index is 1440. The van der Waals surface area contributed by atoms with Gasteiger partial charge in [0.05, 0.1) is 23.1 Å². The van der Waals surface area contributed by atoms with Gasteiger partial charge in [0.15, 0.2) is 5.84 Å². The van der Waals surface area contributed by atoms with Gasteiger partial charge in [0.25, 0.3) is 0 Å². The van der Waals surface area contributed by atoms with Crippen LogP contribution in [0.5, 0.6) is 0 Å². The smallest absolute Gasteiger partial charge is 0.410 e. The summed E-state index contributed by atoms with van der Waals surface area (Å²) in [6.45, 7) is 10.2. The van der Waals surface area contributed by atoms with E-state index in [1.807, 2.05) is 20.8 Å². The number of hydrogen-bond donors (Lipinski definition) is 2. The van der Waals surface area contributed by atoms with Gasteiger partial charge in [0.1, 0.15) is 34.0 Å². The van der Waals surface area contributed by atoms with Crippen LogP contribution in [0.15, 0.2) is 11.2 Å². The summed E-state index contributed by atoms with van der Waals surface area (Å²) in [5.41, 5.74) is 12.0. The first-order chi connectivity index (χ1) is 18.8. The predicted molar refractivity (Wildman–Crippen MR) is 150 cm³/mol. The maximum absolute atomic E-state index is 13.3. The lowest BCUT2D eigenvalue weighted by Gasteiger charge is -2.35. The highest BCUT2D eigenvalue weighted by molar-refractivity contribution is 7.16. The van der Waals surface area contributed by atoms with E-state index in [-0.39, 0.29) is 24.0 Å². The topological polar surface area (TPSA) is 173 Å². The van der Waals surface area contributed by atoms with Crippen molar-refractivity contribution in [3.05, 3.63) is 33.6 Å². The number of fused-ring (bicyclic) bond motifs is 3. The minimum absolute atomic E-state index is 0.0242. The van der Waals surface area contributed by atoms with E-state index in [2.05, 4.69) is 26.1 Å². The first-order valence-corrected chi connectivity index (χ1v) is 14.1. The number of aryl methyl sites for hydroxylation is 2. The molecule has 2 aromatic heterocycles. The van der Waals surface area contributed by atoms with E-state index >= 15 is 0 Å². The second-order valence-electron chi connectivity index (χ2n) is 11.8. The highest BCUT2D eigenvalue weighted by atomic mass is 32.1. The molecule has 0 spiro atoms. The summed E-state index contributed by atoms with van der Waals surface area (Å²) < 4.78 is 5.56. The number of hydrogen-bond acceptors (Lipinski definition) is 11. The Labute approximate surface area is 236 Å². The van der Waals surface area contributed by atoms with Gasteiger partial charge < -0.3 is 30.8 Å². The molecule has 0 unspecified atom stereocenters. The number of nitrogens with zero attached hydrogens (tertiary/aromatic N) is 6. The van der Waals surface area contributed by atoms with E-state index in [0.717, 1.165) is 24.1 Å². The van der Waals surface area contributed by atoms with Crippen molar-refractivity contribution in [1.29, 1.82) is 5.26 Å². The number of piperazine rings is 1. The molecule has 40 heavy (non-hydrogen) atoms. The van der Waals surface area contributed by atoms with Crippen molar-refractivity contribution in [3.8, 4) is 6.07 Å². The number of carbonyl (C=O) groups is 2. The average Bonchev–Trinajstić information content (AvgIpc) is 3.58. The molecule has 4 N–H and O–H groups in total. The molecule has 2 bridgehead atoms. The molecular weight excluding hydrogens is 532 g/mol. The number of anilines is 2. The van der Waals surface area contributed by atoms with Crippen LogP contribution in [0.25, 0.3) is 0 Å². The van der Waals surface area contributed by atoms with E-state index in [1.165, 1.54) is 11.3 Å². The molecule has 2 aliphatic heterocycles. The van der Waals surface area contributed by atoms with Crippen molar-refractivity contribution in [2.75, 3.05) is 23.7 Å². The SMILES string of the molecule is Cc1nc(/C(N)=N/OC(=O)[C@@]2(C)CCCc3sc(N)c(C#N)c32)cc(N2C[C@@H]3C[C@H]2CN3C(=O)OC(C)(C)C)n1. The van der Waals surface area contributed by atoms with Crippen LogP contribution in [0.3, 0.4) is 0 Å². The Hall–Kier alpha value is -3.92. The van der Waals surface area contributed by atoms with Gasteiger partial charge in [-0.25, -0.2) is 19.6 Å². The first-order valence-electron chi connectivity index (χ1n) is 13.3. The minimum atomic E-state index is -1.06. The number of thiophene rings is 1. The Morgan fingerprint density at radius 2 is 2.02 bits per heavy atom. The number of amides is 1. The van der Waals surface area contributed by atoms with Gasteiger partial charge in [0, 0.05) is 29.6 Å². The van der Waals surface area contributed by atoms with Gasteiger partial charge in [0.2, 0.25) is 0 Å². The lowest BCUT2D eigenvalue weighted by atomic mass is 9.72. The minimum Gasteiger partial charge on any atom is -0.444 e. The van der Waals surface area contributed by atoms with E-state index in [1.54, 1.807) is 24.8 Å². The molecule has 1 amide bonds. The average molecular weight is 567 g/mol. The summed E-state index contributed by atoms with van der Waals surface area (Å²) in [6.07, 6.45) is 2.55.